The van der Waals surface area contributed by atoms with E-state index in [1.54, 1.807) is 17.0 Å². The average Bonchev–Trinajstić information content (AvgIpc) is 2.73. The molecule has 2 aromatic rings. The molecule has 2 aliphatic rings. The van der Waals surface area contributed by atoms with E-state index in [9.17, 15) is 9.18 Å². The Kier molecular flexibility index (Phi) is 5.29. The molecule has 6 nitrogen and oxygen atoms in total. The Morgan fingerprint density at radius 3 is 3.07 bits per heavy atom. The number of benzene rings is 1. The van der Waals surface area contributed by atoms with E-state index >= 15 is 0 Å². The van der Waals surface area contributed by atoms with Gasteiger partial charge >= 0.3 is 0 Å². The van der Waals surface area contributed by atoms with Crippen molar-refractivity contribution in [2.24, 2.45) is 0 Å². The van der Waals surface area contributed by atoms with Crippen molar-refractivity contribution < 1.29 is 13.9 Å². The number of carbonyl (C=O) groups excluding carboxylic acids is 1. The van der Waals surface area contributed by atoms with Crippen LogP contribution in [0.1, 0.15) is 35.8 Å². The Bertz CT molecular complexity index is 823. The third-order valence-corrected chi connectivity index (χ3v) is 5.16. The summed E-state index contributed by atoms with van der Waals surface area (Å²) in [5.41, 5.74) is 2.01. The van der Waals surface area contributed by atoms with E-state index in [0.717, 1.165) is 43.0 Å². The van der Waals surface area contributed by atoms with Crippen molar-refractivity contribution in [1.82, 2.24) is 20.2 Å². The van der Waals surface area contributed by atoms with Gasteiger partial charge in [-0.3, -0.25) is 4.79 Å². The van der Waals surface area contributed by atoms with Gasteiger partial charge in [0.2, 0.25) is 0 Å². The van der Waals surface area contributed by atoms with Gasteiger partial charge in [-0.2, -0.15) is 0 Å². The molecule has 1 N–H and O–H groups in total. The molecule has 0 radical (unpaired) electrons. The molecule has 0 bridgehead atoms. The molecule has 1 saturated heterocycles. The standard InChI is InChI=1S/C20H23FN4O2/c21-16-5-1-2-6-18(16)27-13-19(26)25-9-7-17-15(12-25)11-23-20(24-17)14-4-3-8-22-10-14/h1-2,5-6,11,14,22H,3-4,7-10,12-13H2. The van der Waals surface area contributed by atoms with Gasteiger partial charge in [0.05, 0.1) is 5.69 Å². The fourth-order valence-corrected chi connectivity index (χ4v) is 3.61. The zero-order chi connectivity index (χ0) is 18.6. The SMILES string of the molecule is O=C(COc1ccccc1F)N1CCc2nc(C3CCCNC3)ncc2C1. The first-order chi connectivity index (χ1) is 13.2. The van der Waals surface area contributed by atoms with E-state index in [1.807, 2.05) is 6.20 Å². The van der Waals surface area contributed by atoms with Crippen LogP contribution in [0.2, 0.25) is 0 Å². The molecule has 1 atom stereocenters. The van der Waals surface area contributed by atoms with Crippen LogP contribution in [0.3, 0.4) is 0 Å². The number of nitrogens with zero attached hydrogens (tertiary/aromatic N) is 3. The molecule has 142 valence electrons. The maximum absolute atomic E-state index is 13.6. The molecule has 4 rings (SSSR count). The highest BCUT2D eigenvalue weighted by Crippen LogP contribution is 2.23. The minimum absolute atomic E-state index is 0.0947. The Balaban J connectivity index is 1.37. The molecule has 1 amide bonds. The van der Waals surface area contributed by atoms with E-state index in [-0.39, 0.29) is 18.3 Å². The third-order valence-electron chi connectivity index (χ3n) is 5.16. The summed E-state index contributed by atoms with van der Waals surface area (Å²) >= 11 is 0. The summed E-state index contributed by atoms with van der Waals surface area (Å²) in [5, 5.41) is 3.39. The van der Waals surface area contributed by atoms with E-state index < -0.39 is 5.82 Å². The molecule has 27 heavy (non-hydrogen) atoms. The molecule has 1 fully saturated rings. The molecule has 2 aliphatic heterocycles. The van der Waals surface area contributed by atoms with Crippen molar-refractivity contribution >= 4 is 5.91 Å². The van der Waals surface area contributed by atoms with Gasteiger partial charge in [0.25, 0.3) is 5.91 Å². The maximum Gasteiger partial charge on any atom is 0.260 e. The van der Waals surface area contributed by atoms with Crippen LogP contribution in [0.4, 0.5) is 4.39 Å². The molecule has 7 heteroatoms. The minimum Gasteiger partial charge on any atom is -0.481 e. The minimum atomic E-state index is -0.465. The number of hydrogen-bond donors (Lipinski definition) is 1. The number of piperidine rings is 1. The van der Waals surface area contributed by atoms with Crippen molar-refractivity contribution in [2.75, 3.05) is 26.2 Å². The number of amides is 1. The van der Waals surface area contributed by atoms with Crippen molar-refractivity contribution in [3.8, 4) is 5.75 Å². The van der Waals surface area contributed by atoms with Crippen LogP contribution in [0.5, 0.6) is 5.75 Å². The summed E-state index contributed by atoms with van der Waals surface area (Å²) in [4.78, 5) is 23.5. The number of fused-ring (bicyclic) bond motifs is 1. The summed E-state index contributed by atoms with van der Waals surface area (Å²) in [6, 6.07) is 6.09. The topological polar surface area (TPSA) is 67.3 Å². The fourth-order valence-electron chi connectivity index (χ4n) is 3.61. The molecule has 0 saturated carbocycles. The fraction of sp³-hybridized carbons (Fsp3) is 0.450. The lowest BCUT2D eigenvalue weighted by molar-refractivity contribution is -0.134. The van der Waals surface area contributed by atoms with Crippen LogP contribution in [0, 0.1) is 5.82 Å². The summed E-state index contributed by atoms with van der Waals surface area (Å²) < 4.78 is 18.9. The van der Waals surface area contributed by atoms with Crippen LogP contribution < -0.4 is 10.1 Å². The van der Waals surface area contributed by atoms with Crippen molar-refractivity contribution in [2.45, 2.75) is 31.7 Å². The maximum atomic E-state index is 13.6. The largest absolute Gasteiger partial charge is 0.481 e. The number of nitrogens with one attached hydrogen (secondary N) is 1. The highest BCUT2D eigenvalue weighted by Gasteiger charge is 2.25. The summed E-state index contributed by atoms with van der Waals surface area (Å²) in [6.45, 7) is 2.87. The third kappa shape index (κ3) is 4.08. The van der Waals surface area contributed by atoms with Gasteiger partial charge in [-0.05, 0) is 31.5 Å². The number of para-hydroxylation sites is 1. The molecule has 3 heterocycles. The second-order valence-electron chi connectivity index (χ2n) is 7.03. The van der Waals surface area contributed by atoms with Crippen LogP contribution in [-0.4, -0.2) is 47.0 Å². The first-order valence-electron chi connectivity index (χ1n) is 9.41. The average molecular weight is 370 g/mol. The molecular weight excluding hydrogens is 347 g/mol. The smallest absolute Gasteiger partial charge is 0.260 e. The van der Waals surface area contributed by atoms with Gasteiger partial charge in [-0.25, -0.2) is 14.4 Å². The van der Waals surface area contributed by atoms with Crippen molar-refractivity contribution in [1.29, 1.82) is 0 Å². The summed E-state index contributed by atoms with van der Waals surface area (Å²) in [5.74, 6) is 0.746. The van der Waals surface area contributed by atoms with Crippen molar-refractivity contribution in [3.63, 3.8) is 0 Å². The Morgan fingerprint density at radius 1 is 1.37 bits per heavy atom. The second-order valence-corrected chi connectivity index (χ2v) is 7.03. The molecule has 1 unspecified atom stereocenters. The van der Waals surface area contributed by atoms with E-state index in [0.29, 0.717) is 25.4 Å². The molecular formula is C20H23FN4O2. The number of halogens is 1. The summed E-state index contributed by atoms with van der Waals surface area (Å²) in [6.07, 6.45) is 4.82. The lowest BCUT2D eigenvalue weighted by atomic mass is 9.98. The van der Waals surface area contributed by atoms with Crippen LogP contribution >= 0.6 is 0 Å². The number of ether oxygens (including phenoxy) is 1. The first kappa shape index (κ1) is 17.9. The number of aromatic nitrogens is 2. The zero-order valence-electron chi connectivity index (χ0n) is 15.2. The Labute approximate surface area is 157 Å². The van der Waals surface area contributed by atoms with Crippen LogP contribution in [0.15, 0.2) is 30.5 Å². The monoisotopic (exact) mass is 370 g/mol. The van der Waals surface area contributed by atoms with Crippen LogP contribution in [0.25, 0.3) is 0 Å². The lowest BCUT2D eigenvalue weighted by Crippen LogP contribution is -2.39. The Hall–Kier alpha value is -2.54. The summed E-state index contributed by atoms with van der Waals surface area (Å²) in [7, 11) is 0. The van der Waals surface area contributed by atoms with Gasteiger partial charge in [-0.1, -0.05) is 12.1 Å². The van der Waals surface area contributed by atoms with Gasteiger partial charge in [0.1, 0.15) is 5.82 Å². The zero-order valence-corrected chi connectivity index (χ0v) is 15.2. The number of rotatable bonds is 4. The molecule has 0 spiro atoms. The number of carbonyl (C=O) groups is 1. The quantitative estimate of drug-likeness (QED) is 0.892. The van der Waals surface area contributed by atoms with Gasteiger partial charge in [-0.15, -0.1) is 0 Å². The second kappa shape index (κ2) is 8.00. The lowest BCUT2D eigenvalue weighted by Gasteiger charge is -2.29. The van der Waals surface area contributed by atoms with E-state index in [4.69, 9.17) is 9.72 Å². The first-order valence-corrected chi connectivity index (χ1v) is 9.41. The van der Waals surface area contributed by atoms with Crippen LogP contribution in [-0.2, 0) is 17.8 Å². The van der Waals surface area contributed by atoms with Gasteiger partial charge in [0.15, 0.2) is 18.2 Å². The van der Waals surface area contributed by atoms with Gasteiger partial charge in [0, 0.05) is 43.7 Å². The van der Waals surface area contributed by atoms with E-state index in [2.05, 4.69) is 10.3 Å². The molecule has 1 aromatic heterocycles. The van der Waals surface area contributed by atoms with Gasteiger partial charge < -0.3 is 15.0 Å². The number of hydrogen-bond acceptors (Lipinski definition) is 5. The molecule has 1 aromatic carbocycles. The Morgan fingerprint density at radius 2 is 2.26 bits per heavy atom. The van der Waals surface area contributed by atoms with Crippen molar-refractivity contribution in [3.05, 3.63) is 53.4 Å². The predicted molar refractivity (Wildman–Crippen MR) is 97.9 cm³/mol. The highest BCUT2D eigenvalue weighted by molar-refractivity contribution is 5.78. The predicted octanol–water partition coefficient (Wildman–Crippen LogP) is 2.05. The highest BCUT2D eigenvalue weighted by atomic mass is 19.1. The van der Waals surface area contributed by atoms with E-state index in [1.165, 1.54) is 12.1 Å². The normalized spacial score (nSPS) is 19.4. The molecule has 0 aliphatic carbocycles.